The van der Waals surface area contributed by atoms with E-state index in [0.717, 1.165) is 18.4 Å². The first-order chi connectivity index (χ1) is 12.1. The van der Waals surface area contributed by atoms with Crippen molar-refractivity contribution in [3.63, 3.8) is 0 Å². The number of carbonyl (C=O) groups is 1. The Kier molecular flexibility index (Phi) is 4.79. The molecule has 0 saturated heterocycles. The van der Waals surface area contributed by atoms with Crippen LogP contribution in [0.15, 0.2) is 53.5 Å². The highest BCUT2D eigenvalue weighted by Gasteiger charge is 2.19. The highest BCUT2D eigenvalue weighted by molar-refractivity contribution is 5.96. The number of hydrogen-bond donors (Lipinski definition) is 2. The highest BCUT2D eigenvalue weighted by Crippen LogP contribution is 2.12. The minimum atomic E-state index is -0.612. The van der Waals surface area contributed by atoms with Gasteiger partial charge in [0.1, 0.15) is 5.65 Å². The molecule has 0 unspecified atom stereocenters. The summed E-state index contributed by atoms with van der Waals surface area (Å²) < 4.78 is 1.27. The van der Waals surface area contributed by atoms with Crippen LogP contribution in [0.5, 0.6) is 5.88 Å². The number of amides is 1. The summed E-state index contributed by atoms with van der Waals surface area (Å²) in [5.41, 5.74) is 1.43. The SMILES string of the molecule is Cc1ccc2nc(O)c(C(=O)NCCCc3ccccc3)c(=O)n2c1. The number of hydrogen-bond acceptors (Lipinski definition) is 4. The molecule has 0 aliphatic carbocycles. The molecule has 0 fully saturated rings. The fourth-order valence-electron chi connectivity index (χ4n) is 2.66. The highest BCUT2D eigenvalue weighted by atomic mass is 16.3. The van der Waals surface area contributed by atoms with E-state index in [1.54, 1.807) is 18.3 Å². The van der Waals surface area contributed by atoms with E-state index in [1.165, 1.54) is 9.96 Å². The summed E-state index contributed by atoms with van der Waals surface area (Å²) in [6, 6.07) is 13.3. The zero-order valence-corrected chi connectivity index (χ0v) is 13.9. The Morgan fingerprint density at radius 1 is 1.20 bits per heavy atom. The first-order valence-corrected chi connectivity index (χ1v) is 8.10. The molecule has 2 heterocycles. The predicted molar refractivity (Wildman–Crippen MR) is 95.0 cm³/mol. The Balaban J connectivity index is 1.72. The van der Waals surface area contributed by atoms with Gasteiger partial charge in [0.2, 0.25) is 5.88 Å². The molecule has 3 rings (SSSR count). The van der Waals surface area contributed by atoms with Gasteiger partial charge in [0.05, 0.1) is 0 Å². The van der Waals surface area contributed by atoms with Crippen molar-refractivity contribution in [2.45, 2.75) is 19.8 Å². The van der Waals surface area contributed by atoms with E-state index in [-0.39, 0.29) is 5.56 Å². The van der Waals surface area contributed by atoms with Gasteiger partial charge in [-0.2, -0.15) is 4.98 Å². The topological polar surface area (TPSA) is 83.7 Å². The minimum absolute atomic E-state index is 0.300. The molecule has 0 radical (unpaired) electrons. The van der Waals surface area contributed by atoms with Gasteiger partial charge in [0.25, 0.3) is 11.5 Å². The van der Waals surface area contributed by atoms with Crippen LogP contribution < -0.4 is 10.9 Å². The van der Waals surface area contributed by atoms with Gasteiger partial charge in [-0.1, -0.05) is 36.4 Å². The van der Waals surface area contributed by atoms with Crippen LogP contribution in [-0.4, -0.2) is 26.9 Å². The standard InChI is InChI=1S/C19H19N3O3/c1-13-9-10-15-21-18(24)16(19(25)22(15)12-13)17(23)20-11-5-8-14-6-3-2-4-7-14/h2-4,6-7,9-10,12,24H,5,8,11H2,1H3,(H,20,23). The molecule has 2 N–H and O–H groups in total. The van der Waals surface area contributed by atoms with Crippen LogP contribution in [0.4, 0.5) is 0 Å². The Hall–Kier alpha value is -3.15. The maximum absolute atomic E-state index is 12.5. The van der Waals surface area contributed by atoms with Crippen LogP contribution in [-0.2, 0) is 6.42 Å². The molecule has 0 atom stereocenters. The summed E-state index contributed by atoms with van der Waals surface area (Å²) in [5.74, 6) is -1.16. The second-order valence-electron chi connectivity index (χ2n) is 5.90. The molecular weight excluding hydrogens is 318 g/mol. The third-order valence-electron chi connectivity index (χ3n) is 3.95. The Morgan fingerprint density at radius 3 is 2.72 bits per heavy atom. The van der Waals surface area contributed by atoms with Crippen molar-refractivity contribution in [2.75, 3.05) is 6.54 Å². The average Bonchev–Trinajstić information content (AvgIpc) is 2.60. The van der Waals surface area contributed by atoms with Crippen molar-refractivity contribution in [1.29, 1.82) is 0 Å². The zero-order valence-electron chi connectivity index (χ0n) is 13.9. The fraction of sp³-hybridized carbons (Fsp3) is 0.211. The molecule has 128 valence electrons. The summed E-state index contributed by atoms with van der Waals surface area (Å²) in [6.07, 6.45) is 3.15. The summed E-state index contributed by atoms with van der Waals surface area (Å²) in [7, 11) is 0. The van der Waals surface area contributed by atoms with E-state index in [1.807, 2.05) is 37.3 Å². The van der Waals surface area contributed by atoms with Gasteiger partial charge in [-0.25, -0.2) is 0 Å². The van der Waals surface area contributed by atoms with Gasteiger partial charge in [-0.3, -0.25) is 14.0 Å². The van der Waals surface area contributed by atoms with Crippen molar-refractivity contribution >= 4 is 11.6 Å². The molecule has 0 aliphatic rings. The summed E-state index contributed by atoms with van der Waals surface area (Å²) >= 11 is 0. The number of aromatic hydroxyl groups is 1. The summed E-state index contributed by atoms with van der Waals surface area (Å²) in [6.45, 7) is 2.24. The van der Waals surface area contributed by atoms with E-state index in [2.05, 4.69) is 10.3 Å². The Bertz CT molecular complexity index is 965. The maximum Gasteiger partial charge on any atom is 0.274 e. The number of pyridine rings is 1. The number of aromatic nitrogens is 2. The molecule has 1 aromatic carbocycles. The minimum Gasteiger partial charge on any atom is -0.493 e. The molecule has 1 amide bonds. The molecule has 0 spiro atoms. The molecule has 6 heteroatoms. The number of rotatable bonds is 5. The number of aryl methyl sites for hydroxylation is 2. The second kappa shape index (κ2) is 7.17. The van der Waals surface area contributed by atoms with Crippen LogP contribution >= 0.6 is 0 Å². The van der Waals surface area contributed by atoms with Gasteiger partial charge in [-0.05, 0) is 37.0 Å². The molecule has 25 heavy (non-hydrogen) atoms. The monoisotopic (exact) mass is 337 g/mol. The summed E-state index contributed by atoms with van der Waals surface area (Å²) in [4.78, 5) is 28.7. The van der Waals surface area contributed by atoms with Gasteiger partial charge >= 0.3 is 0 Å². The Labute approximate surface area is 144 Å². The lowest BCUT2D eigenvalue weighted by atomic mass is 10.1. The van der Waals surface area contributed by atoms with E-state index in [9.17, 15) is 14.7 Å². The number of nitrogens with one attached hydrogen (secondary N) is 1. The van der Waals surface area contributed by atoms with Crippen LogP contribution in [0.2, 0.25) is 0 Å². The van der Waals surface area contributed by atoms with Crippen molar-refractivity contribution in [1.82, 2.24) is 14.7 Å². The predicted octanol–water partition coefficient (Wildman–Crippen LogP) is 2.07. The van der Waals surface area contributed by atoms with Crippen molar-refractivity contribution in [3.05, 3.63) is 75.7 Å². The first-order valence-electron chi connectivity index (χ1n) is 8.10. The number of fused-ring (bicyclic) bond motifs is 1. The molecule has 3 aromatic rings. The molecule has 0 saturated carbocycles. The smallest absolute Gasteiger partial charge is 0.274 e. The van der Waals surface area contributed by atoms with E-state index in [4.69, 9.17) is 0 Å². The number of carbonyl (C=O) groups excluding carboxylic acids is 1. The van der Waals surface area contributed by atoms with Gasteiger partial charge < -0.3 is 10.4 Å². The van der Waals surface area contributed by atoms with E-state index >= 15 is 0 Å². The van der Waals surface area contributed by atoms with Crippen molar-refractivity contribution in [3.8, 4) is 5.88 Å². The van der Waals surface area contributed by atoms with Crippen LogP contribution in [0, 0.1) is 6.92 Å². The van der Waals surface area contributed by atoms with Crippen molar-refractivity contribution in [2.24, 2.45) is 0 Å². The van der Waals surface area contributed by atoms with Crippen LogP contribution in [0.1, 0.15) is 27.9 Å². The largest absolute Gasteiger partial charge is 0.493 e. The average molecular weight is 337 g/mol. The normalized spacial score (nSPS) is 10.8. The number of nitrogens with zero attached hydrogens (tertiary/aromatic N) is 2. The maximum atomic E-state index is 12.5. The lowest BCUT2D eigenvalue weighted by molar-refractivity contribution is 0.0948. The third kappa shape index (κ3) is 3.68. The molecule has 0 bridgehead atoms. The van der Waals surface area contributed by atoms with Gasteiger partial charge in [0, 0.05) is 12.7 Å². The van der Waals surface area contributed by atoms with E-state index < -0.39 is 17.3 Å². The molecule has 6 nitrogen and oxygen atoms in total. The summed E-state index contributed by atoms with van der Waals surface area (Å²) in [5, 5.41) is 12.7. The molecular formula is C19H19N3O3. The van der Waals surface area contributed by atoms with Gasteiger partial charge in [-0.15, -0.1) is 0 Å². The van der Waals surface area contributed by atoms with Crippen LogP contribution in [0.25, 0.3) is 5.65 Å². The quantitative estimate of drug-likeness (QED) is 0.698. The third-order valence-corrected chi connectivity index (χ3v) is 3.95. The second-order valence-corrected chi connectivity index (χ2v) is 5.90. The fourth-order valence-corrected chi connectivity index (χ4v) is 2.66. The lowest BCUT2D eigenvalue weighted by Crippen LogP contribution is -2.32. The molecule has 0 aliphatic heterocycles. The Morgan fingerprint density at radius 2 is 1.96 bits per heavy atom. The van der Waals surface area contributed by atoms with E-state index in [0.29, 0.717) is 12.2 Å². The van der Waals surface area contributed by atoms with Crippen molar-refractivity contribution < 1.29 is 9.90 Å². The zero-order chi connectivity index (χ0) is 17.8. The molecule has 2 aromatic heterocycles. The lowest BCUT2D eigenvalue weighted by Gasteiger charge is -2.08. The number of benzene rings is 1. The van der Waals surface area contributed by atoms with Gasteiger partial charge in [0.15, 0.2) is 5.56 Å². The first kappa shape index (κ1) is 16.7. The van der Waals surface area contributed by atoms with Crippen LogP contribution in [0.3, 0.4) is 0 Å².